The van der Waals surface area contributed by atoms with Gasteiger partial charge in [0.15, 0.2) is 0 Å². The molecule has 0 bridgehead atoms. The van der Waals surface area contributed by atoms with Crippen LogP contribution in [0.2, 0.25) is 0 Å². The summed E-state index contributed by atoms with van der Waals surface area (Å²) in [4.78, 5) is 5.01. The van der Waals surface area contributed by atoms with E-state index in [9.17, 15) is 0 Å². The maximum absolute atomic E-state index is 5.01. The molecule has 0 radical (unpaired) electrons. The van der Waals surface area contributed by atoms with Gasteiger partial charge in [0.1, 0.15) is 0 Å². The lowest BCUT2D eigenvalue weighted by atomic mass is 9.91. The van der Waals surface area contributed by atoms with Crippen LogP contribution < -0.4 is 5.32 Å². The molecule has 1 unspecified atom stereocenters. The van der Waals surface area contributed by atoms with Crippen molar-refractivity contribution in [3.8, 4) is 0 Å². The van der Waals surface area contributed by atoms with E-state index in [-0.39, 0.29) is 0 Å². The lowest BCUT2D eigenvalue weighted by Gasteiger charge is -2.18. The third-order valence-corrected chi connectivity index (χ3v) is 4.58. The number of aliphatic imine (C=N–C) groups is 1. The van der Waals surface area contributed by atoms with E-state index in [4.69, 9.17) is 4.99 Å². The first-order chi connectivity index (χ1) is 12.0. The van der Waals surface area contributed by atoms with E-state index in [1.807, 2.05) is 19.2 Å². The van der Waals surface area contributed by atoms with Gasteiger partial charge in [0.05, 0.1) is 5.69 Å². The molecule has 1 aliphatic rings. The van der Waals surface area contributed by atoms with Crippen molar-refractivity contribution in [2.45, 2.75) is 46.5 Å². The number of hydrogen-bond donors (Lipinski definition) is 1. The van der Waals surface area contributed by atoms with Gasteiger partial charge in [-0.3, -0.25) is 4.99 Å². The molecule has 2 rings (SSSR count). The van der Waals surface area contributed by atoms with Gasteiger partial charge in [0.25, 0.3) is 0 Å². The number of nitrogens with one attached hydrogen (secondary N) is 1. The Hall–Kier alpha value is -2.31. The van der Waals surface area contributed by atoms with Crippen LogP contribution in [-0.2, 0) is 0 Å². The third kappa shape index (κ3) is 5.34. The topological polar surface area (TPSA) is 24.4 Å². The summed E-state index contributed by atoms with van der Waals surface area (Å²) in [6.07, 6.45) is 12.3. The molecular formula is C23H30N2. The van der Waals surface area contributed by atoms with Crippen LogP contribution in [0.4, 0.5) is 11.4 Å². The fraction of sp³-hybridized carbons (Fsp3) is 0.391. The summed E-state index contributed by atoms with van der Waals surface area (Å²) in [6, 6.07) is 6.50. The van der Waals surface area contributed by atoms with E-state index in [1.165, 1.54) is 16.8 Å². The van der Waals surface area contributed by atoms with Gasteiger partial charge in [-0.05, 0) is 66.2 Å². The zero-order chi connectivity index (χ0) is 18.2. The van der Waals surface area contributed by atoms with E-state index < -0.39 is 0 Å². The summed E-state index contributed by atoms with van der Waals surface area (Å²) in [6.45, 7) is 8.90. The second-order valence-corrected chi connectivity index (χ2v) is 6.84. The Balaban J connectivity index is 2.36. The average molecular weight is 335 g/mol. The molecule has 25 heavy (non-hydrogen) atoms. The number of allylic oxidation sites excluding steroid dienone is 5. The lowest BCUT2D eigenvalue weighted by molar-refractivity contribution is 0.762. The molecule has 1 aromatic rings. The molecule has 132 valence electrons. The largest absolute Gasteiger partial charge is 0.388 e. The number of rotatable bonds is 7. The fourth-order valence-electron chi connectivity index (χ4n) is 3.07. The van der Waals surface area contributed by atoms with Crippen LogP contribution in [-0.4, -0.2) is 12.8 Å². The number of nitrogens with zero attached hydrogens (tertiary/aromatic N) is 1. The molecule has 0 saturated carbocycles. The van der Waals surface area contributed by atoms with Crippen LogP contribution in [0.3, 0.4) is 0 Å². The second-order valence-electron chi connectivity index (χ2n) is 6.84. The van der Waals surface area contributed by atoms with Crippen molar-refractivity contribution in [3.63, 3.8) is 0 Å². The van der Waals surface area contributed by atoms with Crippen LogP contribution in [0.15, 0.2) is 64.9 Å². The molecule has 1 N–H and O–H groups in total. The van der Waals surface area contributed by atoms with Crippen molar-refractivity contribution in [1.82, 2.24) is 0 Å². The van der Waals surface area contributed by atoms with Crippen LogP contribution in [0.25, 0.3) is 0 Å². The highest BCUT2D eigenvalue weighted by molar-refractivity contribution is 5.88. The minimum Gasteiger partial charge on any atom is -0.388 e. The minimum absolute atomic E-state index is 0.389. The highest BCUT2D eigenvalue weighted by atomic mass is 14.8. The summed E-state index contributed by atoms with van der Waals surface area (Å²) in [7, 11) is 1.96. The zero-order valence-electron chi connectivity index (χ0n) is 16.1. The van der Waals surface area contributed by atoms with Crippen LogP contribution in [0, 0.1) is 5.92 Å². The van der Waals surface area contributed by atoms with E-state index in [2.05, 4.69) is 75.2 Å². The zero-order valence-corrected chi connectivity index (χ0v) is 16.1. The van der Waals surface area contributed by atoms with Gasteiger partial charge in [0, 0.05) is 18.4 Å². The predicted molar refractivity (Wildman–Crippen MR) is 111 cm³/mol. The van der Waals surface area contributed by atoms with Crippen molar-refractivity contribution in [1.29, 1.82) is 0 Å². The van der Waals surface area contributed by atoms with Gasteiger partial charge in [-0.15, -0.1) is 5.73 Å². The van der Waals surface area contributed by atoms with Crippen molar-refractivity contribution >= 4 is 17.1 Å². The Morgan fingerprint density at radius 3 is 2.68 bits per heavy atom. The van der Waals surface area contributed by atoms with E-state index in [0.717, 1.165) is 24.2 Å². The molecule has 0 amide bonds. The predicted octanol–water partition coefficient (Wildman–Crippen LogP) is 6.57. The lowest BCUT2D eigenvalue weighted by Crippen LogP contribution is -2.06. The van der Waals surface area contributed by atoms with Gasteiger partial charge >= 0.3 is 0 Å². The van der Waals surface area contributed by atoms with Crippen LogP contribution in [0.1, 0.15) is 52.0 Å². The molecule has 2 nitrogen and oxygen atoms in total. The normalized spacial score (nSPS) is 15.3. The number of hydrogen-bond acceptors (Lipinski definition) is 2. The Morgan fingerprint density at radius 1 is 1.20 bits per heavy atom. The van der Waals surface area contributed by atoms with Gasteiger partial charge in [-0.25, -0.2) is 0 Å². The van der Waals surface area contributed by atoms with Crippen LogP contribution >= 0.6 is 0 Å². The van der Waals surface area contributed by atoms with Gasteiger partial charge in [0.2, 0.25) is 0 Å². The van der Waals surface area contributed by atoms with Crippen molar-refractivity contribution in [2.24, 2.45) is 10.9 Å². The molecule has 0 spiro atoms. The Bertz CT molecular complexity index is 741. The summed E-state index contributed by atoms with van der Waals surface area (Å²) < 4.78 is 0. The van der Waals surface area contributed by atoms with Crippen molar-refractivity contribution < 1.29 is 0 Å². The first-order valence-electron chi connectivity index (χ1n) is 9.22. The van der Waals surface area contributed by atoms with Gasteiger partial charge < -0.3 is 5.32 Å². The molecule has 0 heterocycles. The van der Waals surface area contributed by atoms with Crippen LogP contribution in [0.5, 0.6) is 0 Å². The monoisotopic (exact) mass is 334 g/mol. The average Bonchev–Trinajstić information content (AvgIpc) is 2.87. The SMILES string of the molecule is CCC(=Nc1ccc(NC)cc1C(C)CC1=CC=C=CC=C1)C(C)C. The summed E-state index contributed by atoms with van der Waals surface area (Å²) >= 11 is 0. The summed E-state index contributed by atoms with van der Waals surface area (Å²) in [5, 5.41) is 3.25. The molecule has 1 atom stereocenters. The third-order valence-electron chi connectivity index (χ3n) is 4.58. The van der Waals surface area contributed by atoms with Crippen molar-refractivity contribution in [3.05, 3.63) is 65.4 Å². The molecule has 2 heteroatoms. The fourth-order valence-corrected chi connectivity index (χ4v) is 3.07. The highest BCUT2D eigenvalue weighted by Gasteiger charge is 2.14. The molecule has 0 aromatic heterocycles. The molecule has 0 aliphatic heterocycles. The number of benzene rings is 1. The molecule has 0 fully saturated rings. The molecule has 0 saturated heterocycles. The van der Waals surface area contributed by atoms with E-state index in [0.29, 0.717) is 11.8 Å². The first-order valence-corrected chi connectivity index (χ1v) is 9.22. The smallest absolute Gasteiger partial charge is 0.0665 e. The van der Waals surface area contributed by atoms with E-state index >= 15 is 0 Å². The maximum atomic E-state index is 5.01. The van der Waals surface area contributed by atoms with E-state index in [1.54, 1.807) is 0 Å². The standard InChI is InChI=1S/C23H30N2/c1-6-22(17(2)3)25-23-14-13-20(24-5)16-21(23)18(4)15-19-11-9-7-8-10-12-19/h7,9-14,16-18,24H,6,15H2,1-5H3. The second kappa shape index (κ2) is 9.25. The van der Waals surface area contributed by atoms with Gasteiger partial charge in [-0.2, -0.15) is 0 Å². The van der Waals surface area contributed by atoms with Crippen molar-refractivity contribution in [2.75, 3.05) is 12.4 Å². The maximum Gasteiger partial charge on any atom is 0.0665 e. The Morgan fingerprint density at radius 2 is 2.00 bits per heavy atom. The van der Waals surface area contributed by atoms with Gasteiger partial charge in [-0.1, -0.05) is 45.9 Å². The molecule has 1 aliphatic carbocycles. The quantitative estimate of drug-likeness (QED) is 0.442. The minimum atomic E-state index is 0.389. The Kier molecular flexibility index (Phi) is 7.03. The Labute approximate surface area is 152 Å². The molecular weight excluding hydrogens is 304 g/mol. The molecule has 1 aromatic carbocycles. The summed E-state index contributed by atoms with van der Waals surface area (Å²) in [5.41, 5.74) is 9.23. The highest BCUT2D eigenvalue weighted by Crippen LogP contribution is 2.34. The summed E-state index contributed by atoms with van der Waals surface area (Å²) in [5.74, 6) is 0.862. The number of anilines is 1. The first kappa shape index (κ1) is 19.0.